The second-order valence-corrected chi connectivity index (χ2v) is 5.51. The van der Waals surface area contributed by atoms with Gasteiger partial charge in [0.05, 0.1) is 5.02 Å². The van der Waals surface area contributed by atoms with Gasteiger partial charge in [0, 0.05) is 18.0 Å². The molecule has 0 saturated carbocycles. The Morgan fingerprint density at radius 3 is 2.70 bits per heavy atom. The van der Waals surface area contributed by atoms with Gasteiger partial charge in [0.2, 0.25) is 11.7 Å². The van der Waals surface area contributed by atoms with Crippen LogP contribution < -0.4 is 5.32 Å². The van der Waals surface area contributed by atoms with E-state index in [4.69, 9.17) is 16.1 Å². The lowest BCUT2D eigenvalue weighted by Crippen LogP contribution is -2.35. The SMILES string of the molecule is CCNC(Cc1nc(-c2ccccc2Cl)no1)C(C)C. The van der Waals surface area contributed by atoms with Crippen molar-refractivity contribution in [3.8, 4) is 11.4 Å². The Labute approximate surface area is 124 Å². The Morgan fingerprint density at radius 2 is 2.05 bits per heavy atom. The maximum absolute atomic E-state index is 6.14. The molecule has 1 unspecified atom stereocenters. The molecule has 0 aliphatic rings. The van der Waals surface area contributed by atoms with E-state index in [1.54, 1.807) is 0 Å². The molecule has 2 rings (SSSR count). The Morgan fingerprint density at radius 1 is 1.30 bits per heavy atom. The number of likely N-dealkylation sites (N-methyl/N-ethyl adjacent to an activating group) is 1. The lowest BCUT2D eigenvalue weighted by atomic mass is 10.0. The highest BCUT2D eigenvalue weighted by atomic mass is 35.5. The topological polar surface area (TPSA) is 51.0 Å². The lowest BCUT2D eigenvalue weighted by Gasteiger charge is -2.19. The summed E-state index contributed by atoms with van der Waals surface area (Å²) in [6.45, 7) is 7.38. The minimum atomic E-state index is 0.333. The minimum Gasteiger partial charge on any atom is -0.339 e. The van der Waals surface area contributed by atoms with Gasteiger partial charge in [0.1, 0.15) is 0 Å². The van der Waals surface area contributed by atoms with Crippen molar-refractivity contribution >= 4 is 11.6 Å². The van der Waals surface area contributed by atoms with E-state index in [1.807, 2.05) is 24.3 Å². The Kier molecular flexibility index (Phi) is 5.15. The first-order valence-corrected chi connectivity index (χ1v) is 7.30. The van der Waals surface area contributed by atoms with Gasteiger partial charge in [0.25, 0.3) is 0 Å². The fourth-order valence-electron chi connectivity index (χ4n) is 2.08. The second-order valence-electron chi connectivity index (χ2n) is 5.10. The molecule has 0 bridgehead atoms. The van der Waals surface area contributed by atoms with Crippen LogP contribution in [0.3, 0.4) is 0 Å². The molecule has 20 heavy (non-hydrogen) atoms. The van der Waals surface area contributed by atoms with E-state index < -0.39 is 0 Å². The first-order chi connectivity index (χ1) is 9.61. The number of aromatic nitrogens is 2. The third-order valence-corrected chi connectivity index (χ3v) is 3.58. The molecule has 0 aliphatic carbocycles. The van der Waals surface area contributed by atoms with Crippen LogP contribution in [-0.2, 0) is 6.42 Å². The van der Waals surface area contributed by atoms with Crippen LogP contribution in [0, 0.1) is 5.92 Å². The summed E-state index contributed by atoms with van der Waals surface area (Å²) in [6, 6.07) is 7.84. The minimum absolute atomic E-state index is 0.333. The van der Waals surface area contributed by atoms with E-state index in [1.165, 1.54) is 0 Å². The monoisotopic (exact) mass is 293 g/mol. The zero-order valence-corrected chi connectivity index (χ0v) is 12.8. The molecule has 0 radical (unpaired) electrons. The second kappa shape index (κ2) is 6.86. The molecule has 0 fully saturated rings. The van der Waals surface area contributed by atoms with Crippen molar-refractivity contribution in [3.05, 3.63) is 35.2 Å². The van der Waals surface area contributed by atoms with Gasteiger partial charge in [-0.15, -0.1) is 0 Å². The molecule has 0 aliphatic heterocycles. The van der Waals surface area contributed by atoms with Crippen LogP contribution in [0.5, 0.6) is 0 Å². The number of benzene rings is 1. The number of nitrogens with zero attached hydrogens (tertiary/aromatic N) is 2. The normalized spacial score (nSPS) is 12.8. The summed E-state index contributed by atoms with van der Waals surface area (Å²) in [5.41, 5.74) is 0.800. The Bertz CT molecular complexity index is 554. The molecule has 1 aromatic carbocycles. The fourth-order valence-corrected chi connectivity index (χ4v) is 2.30. The maximum Gasteiger partial charge on any atom is 0.228 e. The van der Waals surface area contributed by atoms with E-state index in [-0.39, 0.29) is 0 Å². The molecule has 4 nitrogen and oxygen atoms in total. The summed E-state index contributed by atoms with van der Waals surface area (Å²) in [5.74, 6) is 1.69. The van der Waals surface area contributed by atoms with Crippen LogP contribution >= 0.6 is 11.6 Å². The van der Waals surface area contributed by atoms with Gasteiger partial charge in [-0.3, -0.25) is 0 Å². The summed E-state index contributed by atoms with van der Waals surface area (Å²) < 4.78 is 5.34. The largest absolute Gasteiger partial charge is 0.339 e. The first-order valence-electron chi connectivity index (χ1n) is 6.92. The van der Waals surface area contributed by atoms with Gasteiger partial charge >= 0.3 is 0 Å². The van der Waals surface area contributed by atoms with Gasteiger partial charge < -0.3 is 9.84 Å². The fraction of sp³-hybridized carbons (Fsp3) is 0.467. The highest BCUT2D eigenvalue weighted by Gasteiger charge is 2.18. The molecular weight excluding hydrogens is 274 g/mol. The Balaban J connectivity index is 2.15. The highest BCUT2D eigenvalue weighted by Crippen LogP contribution is 2.25. The van der Waals surface area contributed by atoms with E-state index in [0.717, 1.165) is 18.5 Å². The predicted octanol–water partition coefficient (Wildman–Crippen LogP) is 3.57. The third kappa shape index (κ3) is 3.58. The number of nitrogens with one attached hydrogen (secondary N) is 1. The van der Waals surface area contributed by atoms with Crippen molar-refractivity contribution in [2.75, 3.05) is 6.54 Å². The standard InChI is InChI=1S/C15H20ClN3O/c1-4-17-13(10(2)3)9-14-18-15(19-20-14)11-7-5-6-8-12(11)16/h5-8,10,13,17H,4,9H2,1-3H3. The highest BCUT2D eigenvalue weighted by molar-refractivity contribution is 6.33. The van der Waals surface area contributed by atoms with Crippen LogP contribution in [-0.4, -0.2) is 22.7 Å². The molecule has 2 aromatic rings. The molecule has 1 N–H and O–H groups in total. The van der Waals surface area contributed by atoms with Crippen LogP contribution in [0.1, 0.15) is 26.7 Å². The molecule has 0 amide bonds. The molecule has 5 heteroatoms. The van der Waals surface area contributed by atoms with Crippen LogP contribution in [0.15, 0.2) is 28.8 Å². The summed E-state index contributed by atoms with van der Waals surface area (Å²) in [4.78, 5) is 4.44. The molecule has 1 atom stereocenters. The van der Waals surface area contributed by atoms with Crippen molar-refractivity contribution in [2.45, 2.75) is 33.2 Å². The lowest BCUT2D eigenvalue weighted by molar-refractivity contribution is 0.329. The number of hydrogen-bond acceptors (Lipinski definition) is 4. The smallest absolute Gasteiger partial charge is 0.228 e. The van der Waals surface area contributed by atoms with Crippen molar-refractivity contribution in [3.63, 3.8) is 0 Å². The van der Waals surface area contributed by atoms with Gasteiger partial charge in [-0.05, 0) is 24.6 Å². The van der Waals surface area contributed by atoms with Crippen molar-refractivity contribution in [1.29, 1.82) is 0 Å². The van der Waals surface area contributed by atoms with E-state index >= 15 is 0 Å². The third-order valence-electron chi connectivity index (χ3n) is 3.25. The zero-order chi connectivity index (χ0) is 14.5. The molecule has 1 aromatic heterocycles. The molecular formula is C15H20ClN3O. The first kappa shape index (κ1) is 15.0. The molecule has 1 heterocycles. The average molecular weight is 294 g/mol. The van der Waals surface area contributed by atoms with E-state index in [0.29, 0.717) is 28.7 Å². The van der Waals surface area contributed by atoms with Gasteiger partial charge in [0.15, 0.2) is 0 Å². The summed E-state index contributed by atoms with van der Waals surface area (Å²) >= 11 is 6.14. The van der Waals surface area contributed by atoms with E-state index in [2.05, 4.69) is 36.2 Å². The van der Waals surface area contributed by atoms with Gasteiger partial charge in [-0.25, -0.2) is 0 Å². The molecule has 108 valence electrons. The number of halogens is 1. The van der Waals surface area contributed by atoms with Crippen LogP contribution in [0.4, 0.5) is 0 Å². The van der Waals surface area contributed by atoms with E-state index in [9.17, 15) is 0 Å². The number of rotatable bonds is 6. The van der Waals surface area contributed by atoms with Crippen molar-refractivity contribution in [2.24, 2.45) is 5.92 Å². The quantitative estimate of drug-likeness (QED) is 0.884. The van der Waals surface area contributed by atoms with Gasteiger partial charge in [-0.2, -0.15) is 4.98 Å². The van der Waals surface area contributed by atoms with Crippen LogP contribution in [0.2, 0.25) is 5.02 Å². The average Bonchev–Trinajstić information content (AvgIpc) is 2.87. The number of hydrogen-bond donors (Lipinski definition) is 1. The maximum atomic E-state index is 6.14. The van der Waals surface area contributed by atoms with Crippen molar-refractivity contribution < 1.29 is 4.52 Å². The summed E-state index contributed by atoms with van der Waals surface area (Å²) in [6.07, 6.45) is 0.725. The summed E-state index contributed by atoms with van der Waals surface area (Å²) in [7, 11) is 0. The summed E-state index contributed by atoms with van der Waals surface area (Å²) in [5, 5.41) is 8.09. The molecule has 0 spiro atoms. The Hall–Kier alpha value is -1.39. The predicted molar refractivity (Wildman–Crippen MR) is 80.8 cm³/mol. The zero-order valence-electron chi connectivity index (χ0n) is 12.1. The molecule has 0 saturated heterocycles. The van der Waals surface area contributed by atoms with Crippen molar-refractivity contribution in [1.82, 2.24) is 15.5 Å². The van der Waals surface area contributed by atoms with Gasteiger partial charge in [-0.1, -0.05) is 49.7 Å². The van der Waals surface area contributed by atoms with Crippen LogP contribution in [0.25, 0.3) is 11.4 Å².